The number of aliphatic hydroxyl groups is 1. The number of Topliss-reactive ketones (excluding diaryl/α,β-unsaturated/α-hetero) is 1. The first kappa shape index (κ1) is 44.7. The lowest BCUT2D eigenvalue weighted by molar-refractivity contribution is -0.286. The molecule has 0 radical (unpaired) electrons. The van der Waals surface area contributed by atoms with Crippen LogP contribution in [0.1, 0.15) is 90.8 Å². The Kier molecular flexibility index (Phi) is 14.0. The molecule has 13 atom stereocenters. The fourth-order valence-corrected chi connectivity index (χ4v) is 10.9. The molecule has 4 aliphatic rings. The molecule has 12 nitrogen and oxygen atoms in total. The zero-order valence-corrected chi connectivity index (χ0v) is 37.2. The van der Waals surface area contributed by atoms with E-state index >= 15 is 0 Å². The van der Waals surface area contributed by atoms with E-state index in [1.807, 2.05) is 76.2 Å². The molecule has 2 aromatic rings. The maximum Gasteiger partial charge on any atom is 0.410 e. The Morgan fingerprint density at radius 2 is 1.78 bits per heavy atom. The molecule has 1 unspecified atom stereocenters. The van der Waals surface area contributed by atoms with Crippen LogP contribution in [-0.2, 0) is 35.1 Å². The Morgan fingerprint density at radius 3 is 2.47 bits per heavy atom. The van der Waals surface area contributed by atoms with Crippen LogP contribution in [0.2, 0.25) is 0 Å². The number of rotatable bonds is 8. The van der Waals surface area contributed by atoms with Crippen molar-refractivity contribution in [2.24, 2.45) is 34.1 Å². The molecule has 0 spiro atoms. The van der Waals surface area contributed by atoms with E-state index in [2.05, 4.69) is 44.0 Å². The Morgan fingerprint density at radius 1 is 1.05 bits per heavy atom. The average Bonchev–Trinajstić information content (AvgIpc) is 3.70. The summed E-state index contributed by atoms with van der Waals surface area (Å²) in [5.74, 6) is 3.48. The molecule has 0 aliphatic carbocycles. The third-order valence-electron chi connectivity index (χ3n) is 13.1. The topological polar surface area (TPSA) is 139 Å². The largest absolute Gasteiger partial charge is 0.458 e. The first-order valence-corrected chi connectivity index (χ1v) is 22.1. The summed E-state index contributed by atoms with van der Waals surface area (Å²) in [6.07, 6.45) is -2.52. The number of esters is 1. The molecule has 3 fully saturated rings. The number of amides is 1. The van der Waals surface area contributed by atoms with E-state index in [1.165, 1.54) is 0 Å². The lowest BCUT2D eigenvalue weighted by Gasteiger charge is -2.47. The molecule has 1 amide bonds. The number of carbonyl (C=O) groups excluding carboxylic acids is 3. The number of aliphatic hydroxyl groups excluding tert-OH is 1. The lowest BCUT2D eigenvalue weighted by Crippen LogP contribution is -2.58. The van der Waals surface area contributed by atoms with Gasteiger partial charge in [0.15, 0.2) is 17.7 Å². The molecular formula is C46H64N4O8S. The van der Waals surface area contributed by atoms with Crippen LogP contribution in [-0.4, -0.2) is 114 Å². The summed E-state index contributed by atoms with van der Waals surface area (Å²) in [5.41, 5.74) is -0.0287. The number of hydrogen-bond acceptors (Lipinski definition) is 12. The third-order valence-corrected chi connectivity index (χ3v) is 14.1. The van der Waals surface area contributed by atoms with Crippen molar-refractivity contribution in [3.63, 3.8) is 0 Å². The van der Waals surface area contributed by atoms with E-state index in [4.69, 9.17) is 23.9 Å². The Bertz CT molecular complexity index is 1910. The van der Waals surface area contributed by atoms with Crippen molar-refractivity contribution in [2.75, 3.05) is 32.5 Å². The van der Waals surface area contributed by atoms with Crippen LogP contribution in [0.15, 0.2) is 47.5 Å². The fourth-order valence-electron chi connectivity index (χ4n) is 10.1. The normalized spacial score (nSPS) is 36.7. The monoisotopic (exact) mass is 832 g/mol. The van der Waals surface area contributed by atoms with Gasteiger partial charge in [-0.05, 0) is 84.3 Å². The third kappa shape index (κ3) is 9.42. The number of fused-ring (bicyclic) bond motifs is 1. The van der Waals surface area contributed by atoms with Crippen LogP contribution in [0.5, 0.6) is 0 Å². The van der Waals surface area contributed by atoms with Crippen LogP contribution < -0.4 is 5.32 Å². The maximum atomic E-state index is 14.7. The van der Waals surface area contributed by atoms with Crippen molar-refractivity contribution < 1.29 is 38.4 Å². The number of benzene rings is 1. The second kappa shape index (κ2) is 18.4. The highest BCUT2D eigenvalue weighted by Crippen LogP contribution is 2.46. The average molecular weight is 833 g/mol. The fraction of sp³-hybridized carbons (Fsp3) is 0.652. The predicted molar refractivity (Wildman–Crippen MR) is 229 cm³/mol. The first-order valence-electron chi connectivity index (χ1n) is 21.3. The van der Waals surface area contributed by atoms with E-state index in [-0.39, 0.29) is 29.8 Å². The van der Waals surface area contributed by atoms with Crippen molar-refractivity contribution in [1.82, 2.24) is 9.80 Å². The van der Waals surface area contributed by atoms with E-state index in [0.717, 1.165) is 21.2 Å². The second-order valence-corrected chi connectivity index (χ2v) is 19.1. The van der Waals surface area contributed by atoms with Crippen LogP contribution in [0, 0.1) is 40.9 Å². The SMILES string of the molecule is CC[C@H]1OC(=O)[C@H](C)C(=O)[C@H](C)[C@@H](OC2O[C@H](C)C[C@H](N(C)C)[C@H]2O)[C@@](C)(CC#Cc2ccc(CNc3ccccc3)s2)C[C@@H](C)C2=NCCN3C(=O)O[C@@]1(C)[C@H]3[C@H]2C. The minimum atomic E-state index is -1.17. The van der Waals surface area contributed by atoms with Crippen LogP contribution in [0.25, 0.3) is 0 Å². The Hall–Kier alpha value is -3.80. The minimum Gasteiger partial charge on any atom is -0.458 e. The van der Waals surface area contributed by atoms with Crippen LogP contribution in [0.4, 0.5) is 10.5 Å². The predicted octanol–water partition coefficient (Wildman–Crippen LogP) is 6.79. The second-order valence-electron chi connectivity index (χ2n) is 17.9. The first-order chi connectivity index (χ1) is 28.0. The number of ketones is 1. The summed E-state index contributed by atoms with van der Waals surface area (Å²) in [7, 11) is 3.85. The van der Waals surface area contributed by atoms with Gasteiger partial charge in [0.2, 0.25) is 0 Å². The molecule has 59 heavy (non-hydrogen) atoms. The van der Waals surface area contributed by atoms with E-state index in [1.54, 1.807) is 30.1 Å². The van der Waals surface area contributed by atoms with Crippen molar-refractivity contribution in [1.29, 1.82) is 0 Å². The van der Waals surface area contributed by atoms with Crippen molar-refractivity contribution in [3.8, 4) is 11.8 Å². The number of nitrogens with zero attached hydrogens (tertiary/aromatic N) is 3. The van der Waals surface area contributed by atoms with E-state index in [9.17, 15) is 19.5 Å². The number of nitrogens with one attached hydrogen (secondary N) is 1. The number of anilines is 1. The summed E-state index contributed by atoms with van der Waals surface area (Å²) in [6.45, 7) is 16.8. The molecular weight excluding hydrogens is 769 g/mol. The van der Waals surface area contributed by atoms with Crippen LogP contribution >= 0.6 is 11.3 Å². The van der Waals surface area contributed by atoms with Gasteiger partial charge in [0.05, 0.1) is 29.7 Å². The molecule has 2 N–H and O–H groups in total. The maximum absolute atomic E-state index is 14.7. The van der Waals surface area contributed by atoms with E-state index < -0.39 is 65.6 Å². The van der Waals surface area contributed by atoms with Gasteiger partial charge in [-0.25, -0.2) is 4.79 Å². The van der Waals surface area contributed by atoms with Gasteiger partial charge in [-0.3, -0.25) is 19.5 Å². The van der Waals surface area contributed by atoms with Gasteiger partial charge in [0.1, 0.15) is 18.1 Å². The number of carbonyl (C=O) groups is 3. The number of likely N-dealkylation sites (N-methyl/N-ethyl adjacent to an activating group) is 1. The van der Waals surface area contributed by atoms with Gasteiger partial charge >= 0.3 is 12.1 Å². The van der Waals surface area contributed by atoms with Gasteiger partial charge in [0.25, 0.3) is 0 Å². The highest BCUT2D eigenvalue weighted by molar-refractivity contribution is 7.12. The van der Waals surface area contributed by atoms with Gasteiger partial charge in [0, 0.05) is 59.1 Å². The zero-order valence-electron chi connectivity index (χ0n) is 36.4. The van der Waals surface area contributed by atoms with Gasteiger partial charge in [-0.15, -0.1) is 11.3 Å². The van der Waals surface area contributed by atoms with Crippen molar-refractivity contribution >= 4 is 40.6 Å². The van der Waals surface area contributed by atoms with Gasteiger partial charge in [-0.1, -0.05) is 64.7 Å². The van der Waals surface area contributed by atoms with Gasteiger partial charge < -0.3 is 34.3 Å². The number of thiophene rings is 1. The van der Waals surface area contributed by atoms with Crippen molar-refractivity contribution in [2.45, 2.75) is 136 Å². The molecule has 2 bridgehead atoms. The number of cyclic esters (lactones) is 1. The molecule has 5 heterocycles. The lowest BCUT2D eigenvalue weighted by atomic mass is 9.66. The number of para-hydroxylation sites is 1. The standard InChI is InChI=1S/C46H64N4O8S/c1-11-36-46(8)40-29(4)37(47-22-23-50(40)44(54)58-46)27(2)25-45(7,21-15-18-33-19-20-34(59-33)26-48-32-16-13-12-14-17-32)41(30(5)38(51)31(6)42(53)56-36)57-43-39(52)35(49(9)10)24-28(3)55-43/h12-14,16-17,19-20,27-31,35-36,39-41,43,48,52H,11,21-26H2,1-10H3/t27-,28-,29+,30+,31-,35+,36-,39-,40-,41-,43?,45+,46-/m1/s1. The summed E-state index contributed by atoms with van der Waals surface area (Å²) in [6, 6.07) is 13.5. The van der Waals surface area contributed by atoms with Crippen LogP contribution in [0.3, 0.4) is 0 Å². The summed E-state index contributed by atoms with van der Waals surface area (Å²) < 4.78 is 25.7. The number of hydrogen-bond donors (Lipinski definition) is 2. The number of ether oxygens (including phenoxy) is 4. The molecule has 13 heteroatoms. The molecule has 0 saturated carbocycles. The Balaban J connectivity index is 1.41. The molecule has 4 aliphatic heterocycles. The van der Waals surface area contributed by atoms with E-state index in [0.29, 0.717) is 45.3 Å². The quantitative estimate of drug-likeness (QED) is 0.166. The van der Waals surface area contributed by atoms with Gasteiger partial charge in [-0.2, -0.15) is 0 Å². The smallest absolute Gasteiger partial charge is 0.410 e. The molecule has 322 valence electrons. The molecule has 1 aromatic carbocycles. The zero-order chi connectivity index (χ0) is 42.8. The van der Waals surface area contributed by atoms with Crippen molar-refractivity contribution in [3.05, 3.63) is 52.2 Å². The Labute approximate surface area is 354 Å². The minimum absolute atomic E-state index is 0.142. The number of aliphatic imine (C=N–C) groups is 1. The molecule has 6 rings (SSSR count). The summed E-state index contributed by atoms with van der Waals surface area (Å²) >= 11 is 1.62. The summed E-state index contributed by atoms with van der Waals surface area (Å²) in [5, 5.41) is 15.2. The molecule has 1 aromatic heterocycles. The summed E-state index contributed by atoms with van der Waals surface area (Å²) in [4.78, 5) is 53.1. The molecule has 3 saturated heterocycles. The highest BCUT2D eigenvalue weighted by atomic mass is 32.1. The highest BCUT2D eigenvalue weighted by Gasteiger charge is 2.60.